The molecule has 114 valence electrons. The fourth-order valence-electron chi connectivity index (χ4n) is 2.77. The van der Waals surface area contributed by atoms with Gasteiger partial charge in [-0.2, -0.15) is 0 Å². The van der Waals surface area contributed by atoms with Gasteiger partial charge in [0.1, 0.15) is 0 Å². The Balaban J connectivity index is 2.43. The standard InChI is InChI=1S/C16H34N2O/c1-6-8-15-11-18(9-10-19-12-14(3)4)16(5,7-2)13-17-15/h14-15,17H,6-13H2,1-5H3. The Bertz CT molecular complexity index is 245. The fraction of sp³-hybridized carbons (Fsp3) is 1.00. The molecular formula is C16H34N2O. The van der Waals surface area contributed by atoms with E-state index in [1.807, 2.05) is 0 Å². The first-order valence-electron chi connectivity index (χ1n) is 8.08. The Labute approximate surface area is 120 Å². The topological polar surface area (TPSA) is 24.5 Å². The summed E-state index contributed by atoms with van der Waals surface area (Å²) in [6.07, 6.45) is 3.74. The summed E-state index contributed by atoms with van der Waals surface area (Å²) in [4.78, 5) is 2.64. The number of nitrogens with zero attached hydrogens (tertiary/aromatic N) is 1. The van der Waals surface area contributed by atoms with Crippen molar-refractivity contribution < 1.29 is 4.74 Å². The maximum atomic E-state index is 5.77. The molecule has 2 atom stereocenters. The van der Waals surface area contributed by atoms with Gasteiger partial charge in [0, 0.05) is 37.8 Å². The van der Waals surface area contributed by atoms with E-state index in [1.165, 1.54) is 25.8 Å². The van der Waals surface area contributed by atoms with Gasteiger partial charge in [-0.1, -0.05) is 34.1 Å². The van der Waals surface area contributed by atoms with Crippen molar-refractivity contribution >= 4 is 0 Å². The molecule has 2 unspecified atom stereocenters. The highest BCUT2D eigenvalue weighted by molar-refractivity contribution is 4.94. The molecule has 1 rings (SSSR count). The van der Waals surface area contributed by atoms with Crippen molar-refractivity contribution in [3.05, 3.63) is 0 Å². The minimum Gasteiger partial charge on any atom is -0.380 e. The zero-order valence-electron chi connectivity index (χ0n) is 13.7. The van der Waals surface area contributed by atoms with Crippen LogP contribution in [0.2, 0.25) is 0 Å². The molecule has 0 bridgehead atoms. The quantitative estimate of drug-likeness (QED) is 0.686. The lowest BCUT2D eigenvalue weighted by atomic mass is 9.91. The Morgan fingerprint density at radius 3 is 2.68 bits per heavy atom. The summed E-state index contributed by atoms with van der Waals surface area (Å²) in [7, 11) is 0. The third kappa shape index (κ3) is 5.41. The van der Waals surface area contributed by atoms with E-state index in [-0.39, 0.29) is 0 Å². The number of hydrogen-bond acceptors (Lipinski definition) is 3. The van der Waals surface area contributed by atoms with Crippen molar-refractivity contribution in [1.29, 1.82) is 0 Å². The summed E-state index contributed by atoms with van der Waals surface area (Å²) in [6, 6.07) is 0.662. The monoisotopic (exact) mass is 270 g/mol. The van der Waals surface area contributed by atoms with Crippen molar-refractivity contribution in [3.63, 3.8) is 0 Å². The van der Waals surface area contributed by atoms with E-state index < -0.39 is 0 Å². The van der Waals surface area contributed by atoms with E-state index >= 15 is 0 Å². The molecule has 1 fully saturated rings. The minimum absolute atomic E-state index is 0.297. The molecule has 0 spiro atoms. The molecule has 0 radical (unpaired) electrons. The Hall–Kier alpha value is -0.120. The van der Waals surface area contributed by atoms with Crippen molar-refractivity contribution in [2.45, 2.75) is 65.5 Å². The highest BCUT2D eigenvalue weighted by atomic mass is 16.5. The minimum atomic E-state index is 0.297. The molecule has 0 amide bonds. The molecule has 0 aromatic carbocycles. The zero-order chi connectivity index (χ0) is 14.3. The second-order valence-electron chi connectivity index (χ2n) is 6.63. The third-order valence-electron chi connectivity index (χ3n) is 4.33. The van der Waals surface area contributed by atoms with Crippen LogP contribution in [0.5, 0.6) is 0 Å². The largest absolute Gasteiger partial charge is 0.380 e. The van der Waals surface area contributed by atoms with Gasteiger partial charge in [0.25, 0.3) is 0 Å². The van der Waals surface area contributed by atoms with Crippen molar-refractivity contribution in [3.8, 4) is 0 Å². The van der Waals surface area contributed by atoms with Gasteiger partial charge in [-0.25, -0.2) is 0 Å². The summed E-state index contributed by atoms with van der Waals surface area (Å²) < 4.78 is 5.77. The molecule has 1 N–H and O–H groups in total. The predicted molar refractivity (Wildman–Crippen MR) is 82.6 cm³/mol. The van der Waals surface area contributed by atoms with Crippen LogP contribution >= 0.6 is 0 Å². The molecule has 0 aromatic heterocycles. The summed E-state index contributed by atoms with van der Waals surface area (Å²) in [5.74, 6) is 0.633. The van der Waals surface area contributed by atoms with Gasteiger partial charge in [0.05, 0.1) is 6.61 Å². The molecule has 1 aliphatic rings. The smallest absolute Gasteiger partial charge is 0.0593 e. The molecule has 1 heterocycles. The predicted octanol–water partition coefficient (Wildman–Crippen LogP) is 2.90. The van der Waals surface area contributed by atoms with Crippen LogP contribution in [0.1, 0.15) is 53.9 Å². The Morgan fingerprint density at radius 2 is 2.11 bits per heavy atom. The van der Waals surface area contributed by atoms with Crippen molar-refractivity contribution in [2.75, 3.05) is 32.8 Å². The van der Waals surface area contributed by atoms with E-state index in [2.05, 4.69) is 44.8 Å². The van der Waals surface area contributed by atoms with Gasteiger partial charge in [-0.3, -0.25) is 4.90 Å². The van der Waals surface area contributed by atoms with Gasteiger partial charge >= 0.3 is 0 Å². The van der Waals surface area contributed by atoms with E-state index in [4.69, 9.17) is 4.74 Å². The van der Waals surface area contributed by atoms with Crippen molar-refractivity contribution in [1.82, 2.24) is 10.2 Å². The van der Waals surface area contributed by atoms with Gasteiger partial charge in [0.2, 0.25) is 0 Å². The molecule has 0 aromatic rings. The molecule has 1 aliphatic heterocycles. The molecule has 0 aliphatic carbocycles. The number of ether oxygens (including phenoxy) is 1. The second kappa shape index (κ2) is 8.23. The molecule has 19 heavy (non-hydrogen) atoms. The molecule has 3 heteroatoms. The van der Waals surface area contributed by atoms with Crippen LogP contribution in [-0.4, -0.2) is 49.3 Å². The summed E-state index contributed by atoms with van der Waals surface area (Å²) in [5.41, 5.74) is 0.297. The van der Waals surface area contributed by atoms with Gasteiger partial charge in [0.15, 0.2) is 0 Å². The van der Waals surface area contributed by atoms with E-state index in [0.717, 1.165) is 26.3 Å². The third-order valence-corrected chi connectivity index (χ3v) is 4.33. The van der Waals surface area contributed by atoms with Crippen LogP contribution in [0.15, 0.2) is 0 Å². The maximum Gasteiger partial charge on any atom is 0.0593 e. The maximum absolute atomic E-state index is 5.77. The lowest BCUT2D eigenvalue weighted by Crippen LogP contribution is -2.63. The van der Waals surface area contributed by atoms with Crippen LogP contribution < -0.4 is 5.32 Å². The Morgan fingerprint density at radius 1 is 1.37 bits per heavy atom. The Kier molecular flexibility index (Phi) is 7.33. The molecule has 0 saturated carbocycles. The highest BCUT2D eigenvalue weighted by Gasteiger charge is 2.35. The fourth-order valence-corrected chi connectivity index (χ4v) is 2.77. The van der Waals surface area contributed by atoms with Crippen LogP contribution in [0.25, 0.3) is 0 Å². The molecule has 1 saturated heterocycles. The number of piperazine rings is 1. The number of rotatable bonds is 8. The van der Waals surface area contributed by atoms with Gasteiger partial charge in [-0.15, -0.1) is 0 Å². The number of nitrogens with one attached hydrogen (secondary N) is 1. The van der Waals surface area contributed by atoms with Crippen molar-refractivity contribution in [2.24, 2.45) is 5.92 Å². The lowest BCUT2D eigenvalue weighted by molar-refractivity contribution is 0.0113. The van der Waals surface area contributed by atoms with Crippen LogP contribution in [-0.2, 0) is 4.74 Å². The van der Waals surface area contributed by atoms with Gasteiger partial charge in [-0.05, 0) is 25.7 Å². The summed E-state index contributed by atoms with van der Waals surface area (Å²) in [6.45, 7) is 16.5. The van der Waals surface area contributed by atoms with E-state index in [1.54, 1.807) is 0 Å². The summed E-state index contributed by atoms with van der Waals surface area (Å²) >= 11 is 0. The van der Waals surface area contributed by atoms with E-state index in [9.17, 15) is 0 Å². The molecule has 3 nitrogen and oxygen atoms in total. The zero-order valence-corrected chi connectivity index (χ0v) is 13.7. The first-order chi connectivity index (χ1) is 9.01. The van der Waals surface area contributed by atoms with Crippen LogP contribution in [0.4, 0.5) is 0 Å². The van der Waals surface area contributed by atoms with Gasteiger partial charge < -0.3 is 10.1 Å². The van der Waals surface area contributed by atoms with E-state index in [0.29, 0.717) is 17.5 Å². The SMILES string of the molecule is CCCC1CN(CCOCC(C)C)C(C)(CC)CN1. The summed E-state index contributed by atoms with van der Waals surface area (Å²) in [5, 5.41) is 3.72. The first-order valence-corrected chi connectivity index (χ1v) is 8.08. The normalized spacial score (nSPS) is 29.1. The average Bonchev–Trinajstić information content (AvgIpc) is 2.38. The highest BCUT2D eigenvalue weighted by Crippen LogP contribution is 2.23. The first kappa shape index (κ1) is 16.9. The van der Waals surface area contributed by atoms with Crippen LogP contribution in [0, 0.1) is 5.92 Å². The number of hydrogen-bond donors (Lipinski definition) is 1. The van der Waals surface area contributed by atoms with Crippen LogP contribution in [0.3, 0.4) is 0 Å². The molecular weight excluding hydrogens is 236 g/mol. The second-order valence-corrected chi connectivity index (χ2v) is 6.63. The lowest BCUT2D eigenvalue weighted by Gasteiger charge is -2.48. The average molecular weight is 270 g/mol.